The monoisotopic (exact) mass is 313 g/mol. The molecule has 0 aliphatic heterocycles. The number of nitrogens with zero attached hydrogens (tertiary/aromatic N) is 3. The van der Waals surface area contributed by atoms with Crippen molar-refractivity contribution in [3.8, 4) is 0 Å². The number of guanidine groups is 1. The molecule has 0 fully saturated rings. The van der Waals surface area contributed by atoms with Crippen molar-refractivity contribution in [3.63, 3.8) is 0 Å². The van der Waals surface area contributed by atoms with E-state index in [-0.39, 0.29) is 5.96 Å². The van der Waals surface area contributed by atoms with Gasteiger partial charge in [-0.3, -0.25) is 0 Å². The number of hydrogen-bond donors (Lipinski definition) is 2. The summed E-state index contributed by atoms with van der Waals surface area (Å²) >= 11 is 9.04. The van der Waals surface area contributed by atoms with Crippen LogP contribution in [0.4, 0.5) is 11.5 Å². The first-order valence-corrected chi connectivity index (χ1v) is 5.81. The standard InChI is InChI=1S/C10H9BrClN5/c11-17-9(4-5-14-17)16-10(13)15-8-3-1-2-7(12)6-8/h1-6H,(H3,13,15,16). The van der Waals surface area contributed by atoms with E-state index >= 15 is 0 Å². The van der Waals surface area contributed by atoms with Crippen molar-refractivity contribution in [1.29, 1.82) is 0 Å². The first-order chi connectivity index (χ1) is 8.15. The van der Waals surface area contributed by atoms with Gasteiger partial charge in [-0.25, -0.2) is 0 Å². The first kappa shape index (κ1) is 11.9. The Balaban J connectivity index is 2.14. The maximum Gasteiger partial charge on any atom is 0.199 e. The van der Waals surface area contributed by atoms with Crippen LogP contribution < -0.4 is 11.1 Å². The molecule has 0 atom stereocenters. The van der Waals surface area contributed by atoms with Crippen molar-refractivity contribution in [2.24, 2.45) is 10.7 Å². The summed E-state index contributed by atoms with van der Waals surface area (Å²) in [4.78, 5) is 4.14. The molecule has 88 valence electrons. The second-order valence-corrected chi connectivity index (χ2v) is 4.29. The molecule has 1 heterocycles. The Morgan fingerprint density at radius 3 is 2.94 bits per heavy atom. The predicted octanol–water partition coefficient (Wildman–Crippen LogP) is 2.75. The highest BCUT2D eigenvalue weighted by Crippen LogP contribution is 2.16. The summed E-state index contributed by atoms with van der Waals surface area (Å²) in [6.07, 6.45) is 1.61. The molecule has 3 N–H and O–H groups in total. The van der Waals surface area contributed by atoms with Crippen molar-refractivity contribution in [2.45, 2.75) is 0 Å². The third-order valence-electron chi connectivity index (χ3n) is 1.91. The van der Waals surface area contributed by atoms with Gasteiger partial charge in [-0.05, 0) is 18.2 Å². The highest BCUT2D eigenvalue weighted by atomic mass is 79.9. The van der Waals surface area contributed by atoms with E-state index < -0.39 is 0 Å². The number of benzene rings is 1. The minimum atomic E-state index is 0.258. The van der Waals surface area contributed by atoms with E-state index in [4.69, 9.17) is 17.3 Å². The maximum absolute atomic E-state index is 5.85. The topological polar surface area (TPSA) is 68.2 Å². The Morgan fingerprint density at radius 2 is 2.29 bits per heavy atom. The lowest BCUT2D eigenvalue weighted by Crippen LogP contribution is -2.22. The van der Waals surface area contributed by atoms with Gasteiger partial charge < -0.3 is 11.1 Å². The number of nitrogens with one attached hydrogen (secondary N) is 1. The van der Waals surface area contributed by atoms with E-state index in [2.05, 4.69) is 31.6 Å². The number of rotatable bonds is 2. The Kier molecular flexibility index (Phi) is 3.65. The van der Waals surface area contributed by atoms with Crippen molar-refractivity contribution >= 4 is 45.2 Å². The van der Waals surface area contributed by atoms with Crippen LogP contribution >= 0.6 is 27.7 Å². The Morgan fingerprint density at radius 1 is 1.47 bits per heavy atom. The highest BCUT2D eigenvalue weighted by Gasteiger charge is 2.00. The number of hydrogen-bond acceptors (Lipinski definition) is 2. The molecule has 17 heavy (non-hydrogen) atoms. The molecule has 0 bridgehead atoms. The molecule has 1 aromatic heterocycles. The van der Waals surface area contributed by atoms with Crippen LogP contribution in [-0.2, 0) is 0 Å². The zero-order valence-corrected chi connectivity index (χ0v) is 11.0. The van der Waals surface area contributed by atoms with Gasteiger partial charge in [0.25, 0.3) is 0 Å². The van der Waals surface area contributed by atoms with Gasteiger partial charge in [0, 0.05) is 16.8 Å². The lowest BCUT2D eigenvalue weighted by atomic mass is 10.3. The van der Waals surface area contributed by atoms with Gasteiger partial charge in [0.15, 0.2) is 11.8 Å². The molecular formula is C10H9BrClN5. The average Bonchev–Trinajstić information content (AvgIpc) is 2.64. The van der Waals surface area contributed by atoms with E-state index in [0.29, 0.717) is 10.8 Å². The summed E-state index contributed by atoms with van der Waals surface area (Å²) in [5.74, 6) is 0.852. The van der Waals surface area contributed by atoms with Crippen LogP contribution in [0.1, 0.15) is 0 Å². The fraction of sp³-hybridized carbons (Fsp3) is 0. The van der Waals surface area contributed by atoms with Crippen molar-refractivity contribution in [1.82, 2.24) is 8.81 Å². The number of aromatic nitrogens is 2. The molecule has 0 unspecified atom stereocenters. The Hall–Kier alpha value is -1.53. The zero-order chi connectivity index (χ0) is 12.3. The molecule has 2 aromatic rings. The van der Waals surface area contributed by atoms with E-state index in [1.165, 1.54) is 3.71 Å². The lowest BCUT2D eigenvalue weighted by Gasteiger charge is -2.05. The second kappa shape index (κ2) is 5.20. The Bertz CT molecular complexity index is 551. The SMILES string of the molecule is N/C(=N\c1ccnn1Br)Nc1cccc(Cl)c1. The normalized spacial score (nSPS) is 11.5. The van der Waals surface area contributed by atoms with Crippen LogP contribution in [0.25, 0.3) is 0 Å². The van der Waals surface area contributed by atoms with Gasteiger partial charge in [-0.15, -0.1) is 0 Å². The Labute approximate surface area is 112 Å². The molecule has 5 nitrogen and oxygen atoms in total. The molecule has 7 heteroatoms. The second-order valence-electron chi connectivity index (χ2n) is 3.18. The molecule has 0 aliphatic carbocycles. The molecule has 0 spiro atoms. The molecule has 2 rings (SSSR count). The number of aliphatic imine (C=N–C) groups is 1. The lowest BCUT2D eigenvalue weighted by molar-refractivity contribution is 1.03. The predicted molar refractivity (Wildman–Crippen MR) is 72.9 cm³/mol. The highest BCUT2D eigenvalue weighted by molar-refractivity contribution is 9.08. The van der Waals surface area contributed by atoms with Crippen molar-refractivity contribution in [2.75, 3.05) is 5.32 Å². The largest absolute Gasteiger partial charge is 0.369 e. The summed E-state index contributed by atoms with van der Waals surface area (Å²) in [7, 11) is 0. The number of halogens is 2. The third kappa shape index (κ3) is 3.21. The van der Waals surface area contributed by atoms with Crippen LogP contribution in [0.3, 0.4) is 0 Å². The minimum Gasteiger partial charge on any atom is -0.369 e. The quantitative estimate of drug-likeness (QED) is 0.661. The molecule has 0 radical (unpaired) electrons. The fourth-order valence-electron chi connectivity index (χ4n) is 1.22. The van der Waals surface area contributed by atoms with E-state index in [1.54, 1.807) is 24.4 Å². The van der Waals surface area contributed by atoms with Crippen molar-refractivity contribution in [3.05, 3.63) is 41.6 Å². The molecule has 1 aromatic carbocycles. The van der Waals surface area contributed by atoms with Crippen LogP contribution in [0.5, 0.6) is 0 Å². The average molecular weight is 315 g/mol. The third-order valence-corrected chi connectivity index (χ3v) is 2.69. The zero-order valence-electron chi connectivity index (χ0n) is 8.64. The van der Waals surface area contributed by atoms with Gasteiger partial charge >= 0.3 is 0 Å². The summed E-state index contributed by atoms with van der Waals surface area (Å²) in [5.41, 5.74) is 6.53. The summed E-state index contributed by atoms with van der Waals surface area (Å²) in [5, 5.41) is 7.47. The van der Waals surface area contributed by atoms with E-state index in [1.807, 2.05) is 12.1 Å². The number of anilines is 1. The van der Waals surface area contributed by atoms with Gasteiger partial charge in [0.1, 0.15) is 0 Å². The summed E-state index contributed by atoms with van der Waals surface area (Å²) in [6.45, 7) is 0. The van der Waals surface area contributed by atoms with Crippen molar-refractivity contribution < 1.29 is 0 Å². The summed E-state index contributed by atoms with van der Waals surface area (Å²) < 4.78 is 1.44. The van der Waals surface area contributed by atoms with Crippen LogP contribution in [0, 0.1) is 0 Å². The van der Waals surface area contributed by atoms with Crippen LogP contribution in [0.15, 0.2) is 41.5 Å². The molecule has 0 saturated carbocycles. The molecule has 0 saturated heterocycles. The van der Waals surface area contributed by atoms with Gasteiger partial charge in [0.2, 0.25) is 0 Å². The van der Waals surface area contributed by atoms with Gasteiger partial charge in [-0.1, -0.05) is 17.7 Å². The first-order valence-electron chi connectivity index (χ1n) is 4.72. The molecule has 0 aliphatic rings. The maximum atomic E-state index is 5.85. The van der Waals surface area contributed by atoms with E-state index in [9.17, 15) is 0 Å². The van der Waals surface area contributed by atoms with E-state index in [0.717, 1.165) is 5.69 Å². The number of nitrogens with two attached hydrogens (primary N) is 1. The smallest absolute Gasteiger partial charge is 0.199 e. The molecular weight excluding hydrogens is 306 g/mol. The summed E-state index contributed by atoms with van der Waals surface area (Å²) in [6, 6.07) is 8.94. The fourth-order valence-corrected chi connectivity index (χ4v) is 1.72. The van der Waals surface area contributed by atoms with Gasteiger partial charge in [0.05, 0.1) is 22.3 Å². The minimum absolute atomic E-state index is 0.258. The van der Waals surface area contributed by atoms with Gasteiger partial charge in [-0.2, -0.15) is 13.8 Å². The van der Waals surface area contributed by atoms with Crippen LogP contribution in [0.2, 0.25) is 5.02 Å². The molecule has 0 amide bonds. The van der Waals surface area contributed by atoms with Crippen LogP contribution in [-0.4, -0.2) is 14.8 Å².